The molecular formula is C10H5BrClF2N3OS. The molecule has 2 heterocycles. The quantitative estimate of drug-likeness (QED) is 0.905. The molecule has 0 aromatic carbocycles. The number of amides is 1. The summed E-state index contributed by atoms with van der Waals surface area (Å²) in [6.07, 6.45) is 0.876. The molecule has 2 aromatic heterocycles. The van der Waals surface area contributed by atoms with Gasteiger partial charge in [-0.05, 0) is 15.9 Å². The fraction of sp³-hybridized carbons (Fsp3) is 0.100. The number of pyridine rings is 1. The molecular weight excluding hydrogens is 364 g/mol. The van der Waals surface area contributed by atoms with Gasteiger partial charge in [-0.2, -0.15) is 0 Å². The molecule has 1 amide bonds. The molecule has 0 aliphatic rings. The highest BCUT2D eigenvalue weighted by molar-refractivity contribution is 9.11. The molecule has 0 unspecified atom stereocenters. The number of rotatable bonds is 3. The number of thiazole rings is 1. The summed E-state index contributed by atoms with van der Waals surface area (Å²) in [5, 5.41) is 2.49. The molecule has 0 saturated carbocycles. The third-order valence-electron chi connectivity index (χ3n) is 2.07. The molecule has 0 aliphatic heterocycles. The first-order valence-electron chi connectivity index (χ1n) is 4.87. The first-order chi connectivity index (χ1) is 8.97. The highest BCUT2D eigenvalue weighted by Crippen LogP contribution is 2.26. The predicted molar refractivity (Wildman–Crippen MR) is 70.1 cm³/mol. The van der Waals surface area contributed by atoms with E-state index in [-0.39, 0.29) is 22.3 Å². The minimum atomic E-state index is -0.822. The van der Waals surface area contributed by atoms with Crippen molar-refractivity contribution in [3.8, 4) is 0 Å². The highest BCUT2D eigenvalue weighted by Gasteiger charge is 2.16. The van der Waals surface area contributed by atoms with Crippen molar-refractivity contribution in [2.45, 2.75) is 6.54 Å². The lowest BCUT2D eigenvalue weighted by Gasteiger charge is -2.04. The van der Waals surface area contributed by atoms with Crippen LogP contribution in [0.15, 0.2) is 16.2 Å². The Morgan fingerprint density at radius 1 is 1.53 bits per heavy atom. The second-order valence-corrected chi connectivity index (χ2v) is 5.98. The lowest BCUT2D eigenvalue weighted by Crippen LogP contribution is -2.23. The number of carbonyl (C=O) groups excluding carboxylic acids is 1. The van der Waals surface area contributed by atoms with E-state index < -0.39 is 17.5 Å². The third-order valence-corrected chi connectivity index (χ3v) is 3.96. The van der Waals surface area contributed by atoms with Crippen LogP contribution >= 0.6 is 38.9 Å². The summed E-state index contributed by atoms with van der Waals surface area (Å²) in [6, 6.07) is 0.699. The van der Waals surface area contributed by atoms with Crippen molar-refractivity contribution in [2.75, 3.05) is 0 Å². The van der Waals surface area contributed by atoms with Crippen LogP contribution in [0, 0.1) is 11.6 Å². The number of nitrogens with one attached hydrogen (secondary N) is 1. The zero-order valence-electron chi connectivity index (χ0n) is 9.08. The van der Waals surface area contributed by atoms with Crippen LogP contribution in [-0.2, 0) is 6.54 Å². The zero-order valence-corrected chi connectivity index (χ0v) is 12.2. The maximum absolute atomic E-state index is 13.3. The van der Waals surface area contributed by atoms with Gasteiger partial charge in [0.25, 0.3) is 5.91 Å². The SMILES string of the molecule is O=C(NCc1ncc(F)cc1F)c1sc(Br)nc1Cl. The highest BCUT2D eigenvalue weighted by atomic mass is 79.9. The summed E-state index contributed by atoms with van der Waals surface area (Å²) >= 11 is 9.89. The zero-order chi connectivity index (χ0) is 14.0. The van der Waals surface area contributed by atoms with E-state index in [1.54, 1.807) is 0 Å². The maximum atomic E-state index is 13.3. The van der Waals surface area contributed by atoms with E-state index in [0.29, 0.717) is 9.98 Å². The van der Waals surface area contributed by atoms with Crippen molar-refractivity contribution in [1.29, 1.82) is 0 Å². The Bertz CT molecular complexity index is 637. The number of hydrogen-bond acceptors (Lipinski definition) is 4. The molecule has 1 N–H and O–H groups in total. The Morgan fingerprint density at radius 2 is 2.26 bits per heavy atom. The number of carbonyl (C=O) groups is 1. The molecule has 0 atom stereocenters. The summed E-state index contributed by atoms with van der Waals surface area (Å²) in [7, 11) is 0. The topological polar surface area (TPSA) is 54.9 Å². The normalized spacial score (nSPS) is 10.5. The van der Waals surface area contributed by atoms with Gasteiger partial charge in [0.1, 0.15) is 16.5 Å². The largest absolute Gasteiger partial charge is 0.345 e. The monoisotopic (exact) mass is 367 g/mol. The molecule has 19 heavy (non-hydrogen) atoms. The minimum absolute atomic E-state index is 0.0573. The summed E-state index contributed by atoms with van der Waals surface area (Å²) in [6.45, 7) is -0.170. The second-order valence-electron chi connectivity index (χ2n) is 3.35. The van der Waals surface area contributed by atoms with Crippen molar-refractivity contribution in [1.82, 2.24) is 15.3 Å². The standard InChI is InChI=1S/C10H5BrClF2N3OS/c11-10-17-8(12)7(19-10)9(18)16-3-6-5(14)1-4(13)2-15-6/h1-2H,3H2,(H,16,18). The van der Waals surface area contributed by atoms with Gasteiger partial charge < -0.3 is 5.32 Å². The van der Waals surface area contributed by atoms with E-state index >= 15 is 0 Å². The average Bonchev–Trinajstić information content (AvgIpc) is 2.67. The molecule has 0 fully saturated rings. The van der Waals surface area contributed by atoms with E-state index in [1.807, 2.05) is 0 Å². The Morgan fingerprint density at radius 3 is 2.84 bits per heavy atom. The van der Waals surface area contributed by atoms with Gasteiger partial charge in [-0.1, -0.05) is 11.6 Å². The molecule has 9 heteroatoms. The smallest absolute Gasteiger partial charge is 0.264 e. The van der Waals surface area contributed by atoms with Crippen LogP contribution in [0.5, 0.6) is 0 Å². The van der Waals surface area contributed by atoms with Crippen molar-refractivity contribution >= 4 is 44.8 Å². The fourth-order valence-electron chi connectivity index (χ4n) is 1.23. The van der Waals surface area contributed by atoms with Crippen LogP contribution in [0.3, 0.4) is 0 Å². The minimum Gasteiger partial charge on any atom is -0.345 e. The van der Waals surface area contributed by atoms with Gasteiger partial charge in [-0.15, -0.1) is 11.3 Å². The number of aromatic nitrogens is 2. The Balaban J connectivity index is 2.06. The van der Waals surface area contributed by atoms with Gasteiger partial charge in [-0.25, -0.2) is 13.8 Å². The first-order valence-corrected chi connectivity index (χ1v) is 6.86. The predicted octanol–water partition coefficient (Wildman–Crippen LogP) is 3.16. The first kappa shape index (κ1) is 14.3. The summed E-state index contributed by atoms with van der Waals surface area (Å²) in [4.78, 5) is 19.3. The van der Waals surface area contributed by atoms with E-state index in [4.69, 9.17) is 11.6 Å². The maximum Gasteiger partial charge on any atom is 0.264 e. The van der Waals surface area contributed by atoms with Crippen molar-refractivity contribution in [3.05, 3.63) is 43.5 Å². The van der Waals surface area contributed by atoms with E-state index in [1.165, 1.54) is 0 Å². The van der Waals surface area contributed by atoms with Crippen molar-refractivity contribution < 1.29 is 13.6 Å². The van der Waals surface area contributed by atoms with Crippen LogP contribution in [0.2, 0.25) is 5.15 Å². The van der Waals surface area contributed by atoms with Gasteiger partial charge in [0.05, 0.1) is 18.4 Å². The summed E-state index contributed by atoms with van der Waals surface area (Å²) in [5.74, 6) is -2.10. The lowest BCUT2D eigenvalue weighted by molar-refractivity contribution is 0.0954. The van der Waals surface area contributed by atoms with Crippen LogP contribution in [0.25, 0.3) is 0 Å². The van der Waals surface area contributed by atoms with Gasteiger partial charge in [0.15, 0.2) is 9.07 Å². The molecule has 2 aromatic rings. The van der Waals surface area contributed by atoms with Crippen LogP contribution in [-0.4, -0.2) is 15.9 Å². The van der Waals surface area contributed by atoms with E-state index in [2.05, 4.69) is 31.2 Å². The Hall–Kier alpha value is -1.12. The second kappa shape index (κ2) is 5.89. The van der Waals surface area contributed by atoms with E-state index in [0.717, 1.165) is 17.5 Å². The van der Waals surface area contributed by atoms with E-state index in [9.17, 15) is 13.6 Å². The Labute approximate surface area is 124 Å². The molecule has 0 saturated heterocycles. The summed E-state index contributed by atoms with van der Waals surface area (Å²) < 4.78 is 26.4. The average molecular weight is 369 g/mol. The number of nitrogens with zero attached hydrogens (tertiary/aromatic N) is 2. The van der Waals surface area contributed by atoms with Gasteiger partial charge >= 0.3 is 0 Å². The third kappa shape index (κ3) is 3.46. The molecule has 2 rings (SSSR count). The lowest BCUT2D eigenvalue weighted by atomic mass is 10.3. The molecule has 0 bridgehead atoms. The van der Waals surface area contributed by atoms with Gasteiger partial charge in [-0.3, -0.25) is 9.78 Å². The van der Waals surface area contributed by atoms with Crippen LogP contribution in [0.1, 0.15) is 15.4 Å². The Kier molecular flexibility index (Phi) is 4.43. The molecule has 0 spiro atoms. The van der Waals surface area contributed by atoms with Crippen molar-refractivity contribution in [3.63, 3.8) is 0 Å². The number of hydrogen-bond donors (Lipinski definition) is 1. The van der Waals surface area contributed by atoms with Crippen LogP contribution in [0.4, 0.5) is 8.78 Å². The van der Waals surface area contributed by atoms with Gasteiger partial charge in [0, 0.05) is 6.07 Å². The molecule has 4 nitrogen and oxygen atoms in total. The van der Waals surface area contributed by atoms with Crippen molar-refractivity contribution in [2.24, 2.45) is 0 Å². The number of halogens is 4. The molecule has 0 radical (unpaired) electrons. The van der Waals surface area contributed by atoms with Crippen LogP contribution < -0.4 is 5.32 Å². The molecule has 0 aliphatic carbocycles. The fourth-order valence-corrected chi connectivity index (χ4v) is 2.94. The summed E-state index contributed by atoms with van der Waals surface area (Å²) in [5.41, 5.74) is -0.0607. The molecule has 100 valence electrons. The van der Waals surface area contributed by atoms with Gasteiger partial charge in [0.2, 0.25) is 0 Å².